The van der Waals surface area contributed by atoms with E-state index in [1.54, 1.807) is 18.5 Å². The van der Waals surface area contributed by atoms with Crippen LogP contribution in [0.5, 0.6) is 0 Å². The van der Waals surface area contributed by atoms with Crippen molar-refractivity contribution in [2.75, 3.05) is 0 Å². The number of halogens is 2. The van der Waals surface area contributed by atoms with Gasteiger partial charge in [-0.25, -0.2) is 4.39 Å². The highest BCUT2D eigenvalue weighted by molar-refractivity contribution is 6.31. The van der Waals surface area contributed by atoms with E-state index in [9.17, 15) is 9.18 Å². The first-order chi connectivity index (χ1) is 9.16. The van der Waals surface area contributed by atoms with Gasteiger partial charge in [0.2, 0.25) is 5.91 Å². The van der Waals surface area contributed by atoms with Gasteiger partial charge in [-0.2, -0.15) is 5.10 Å². The highest BCUT2D eigenvalue weighted by Crippen LogP contribution is 2.18. The Hall–Kier alpha value is -1.88. The number of aromatic nitrogens is 2. The van der Waals surface area contributed by atoms with Gasteiger partial charge in [0, 0.05) is 29.7 Å². The zero-order valence-corrected chi connectivity index (χ0v) is 10.9. The smallest absolute Gasteiger partial charge is 0.220 e. The predicted molar refractivity (Wildman–Crippen MR) is 70.2 cm³/mol. The molecule has 0 fully saturated rings. The molecule has 2 aromatic rings. The summed E-state index contributed by atoms with van der Waals surface area (Å²) in [5.41, 5.74) is 1.26. The Balaban J connectivity index is 1.83. The van der Waals surface area contributed by atoms with Crippen molar-refractivity contribution >= 4 is 17.5 Å². The Labute approximate surface area is 115 Å². The Bertz CT molecular complexity index is 537. The topological polar surface area (TPSA) is 57.8 Å². The summed E-state index contributed by atoms with van der Waals surface area (Å²) >= 11 is 5.87. The van der Waals surface area contributed by atoms with Crippen LogP contribution in [0.15, 0.2) is 30.6 Å². The maximum absolute atomic E-state index is 13.5. The van der Waals surface area contributed by atoms with Crippen molar-refractivity contribution in [3.63, 3.8) is 0 Å². The number of nitrogens with one attached hydrogen (secondary N) is 2. The molecule has 0 atom stereocenters. The number of hydrogen-bond donors (Lipinski definition) is 2. The van der Waals surface area contributed by atoms with Crippen molar-refractivity contribution < 1.29 is 9.18 Å². The summed E-state index contributed by atoms with van der Waals surface area (Å²) in [6.45, 7) is 0.0930. The molecule has 2 N–H and O–H groups in total. The molecule has 0 spiro atoms. The monoisotopic (exact) mass is 281 g/mol. The molecule has 1 heterocycles. The maximum atomic E-state index is 13.5. The van der Waals surface area contributed by atoms with E-state index < -0.39 is 5.82 Å². The number of carbonyl (C=O) groups excluding carboxylic acids is 1. The largest absolute Gasteiger partial charge is 0.352 e. The zero-order valence-electron chi connectivity index (χ0n) is 10.1. The first-order valence-corrected chi connectivity index (χ1v) is 6.22. The average Bonchev–Trinajstić information content (AvgIpc) is 2.89. The molecule has 0 aliphatic carbocycles. The minimum atomic E-state index is -0.414. The van der Waals surface area contributed by atoms with Crippen molar-refractivity contribution in [3.05, 3.63) is 52.6 Å². The maximum Gasteiger partial charge on any atom is 0.220 e. The third-order valence-electron chi connectivity index (χ3n) is 2.72. The van der Waals surface area contributed by atoms with Gasteiger partial charge < -0.3 is 5.32 Å². The van der Waals surface area contributed by atoms with Gasteiger partial charge in [0.15, 0.2) is 0 Å². The number of aromatic amines is 1. The van der Waals surface area contributed by atoms with Gasteiger partial charge in [0.05, 0.1) is 6.20 Å². The van der Waals surface area contributed by atoms with Gasteiger partial charge in [-0.3, -0.25) is 9.89 Å². The van der Waals surface area contributed by atoms with E-state index in [-0.39, 0.29) is 12.5 Å². The fourth-order valence-electron chi connectivity index (χ4n) is 1.65. The lowest BCUT2D eigenvalue weighted by atomic mass is 10.2. The van der Waals surface area contributed by atoms with Crippen LogP contribution in [-0.2, 0) is 17.8 Å². The minimum absolute atomic E-state index is 0.0930. The summed E-state index contributed by atoms with van der Waals surface area (Å²) in [6, 6.07) is 4.44. The zero-order chi connectivity index (χ0) is 13.7. The second kappa shape index (κ2) is 6.33. The molecule has 100 valence electrons. The fourth-order valence-corrected chi connectivity index (χ4v) is 1.88. The van der Waals surface area contributed by atoms with Crippen molar-refractivity contribution in [2.45, 2.75) is 19.4 Å². The predicted octanol–water partition coefficient (Wildman–Crippen LogP) is 2.45. The Kier molecular flexibility index (Phi) is 4.52. The van der Waals surface area contributed by atoms with Crippen molar-refractivity contribution in [2.24, 2.45) is 0 Å². The summed E-state index contributed by atoms with van der Waals surface area (Å²) in [6.07, 6.45) is 4.32. The third kappa shape index (κ3) is 3.79. The molecule has 0 bridgehead atoms. The number of amides is 1. The normalized spacial score (nSPS) is 10.4. The molecule has 0 unspecified atom stereocenters. The third-order valence-corrected chi connectivity index (χ3v) is 3.07. The number of hydrogen-bond acceptors (Lipinski definition) is 2. The van der Waals surface area contributed by atoms with Gasteiger partial charge in [0.1, 0.15) is 5.82 Å². The van der Waals surface area contributed by atoms with Gasteiger partial charge in [-0.05, 0) is 24.1 Å². The van der Waals surface area contributed by atoms with E-state index in [1.807, 2.05) is 0 Å². The summed E-state index contributed by atoms with van der Waals surface area (Å²) in [4.78, 5) is 11.6. The van der Waals surface area contributed by atoms with Crippen LogP contribution in [0.2, 0.25) is 5.02 Å². The molecule has 1 aromatic carbocycles. The molecule has 6 heteroatoms. The minimum Gasteiger partial charge on any atom is -0.352 e. The van der Waals surface area contributed by atoms with E-state index in [0.717, 1.165) is 5.56 Å². The SMILES string of the molecule is O=C(CCc1cn[nH]c1)NCc1c(F)cccc1Cl. The molecule has 19 heavy (non-hydrogen) atoms. The standard InChI is InChI=1S/C13H13ClFN3O/c14-11-2-1-3-12(15)10(11)8-16-13(19)5-4-9-6-17-18-7-9/h1-3,6-7H,4-5,8H2,(H,16,19)(H,17,18). The molecule has 0 radical (unpaired) electrons. The van der Waals surface area contributed by atoms with Crippen molar-refractivity contribution in [1.82, 2.24) is 15.5 Å². The van der Waals surface area contributed by atoms with Crippen LogP contribution in [0.3, 0.4) is 0 Å². The van der Waals surface area contributed by atoms with Crippen molar-refractivity contribution in [1.29, 1.82) is 0 Å². The first kappa shape index (κ1) is 13.5. The van der Waals surface area contributed by atoms with E-state index in [2.05, 4.69) is 15.5 Å². The van der Waals surface area contributed by atoms with Gasteiger partial charge in [-0.15, -0.1) is 0 Å². The number of rotatable bonds is 5. The lowest BCUT2D eigenvalue weighted by Crippen LogP contribution is -2.23. The van der Waals surface area contributed by atoms with Crippen LogP contribution >= 0.6 is 11.6 Å². The lowest BCUT2D eigenvalue weighted by molar-refractivity contribution is -0.121. The number of aryl methyl sites for hydroxylation is 1. The van der Waals surface area contributed by atoms with E-state index in [4.69, 9.17) is 11.6 Å². The van der Waals surface area contributed by atoms with Gasteiger partial charge in [0.25, 0.3) is 0 Å². The van der Waals surface area contributed by atoms with E-state index in [1.165, 1.54) is 12.1 Å². The summed E-state index contributed by atoms with van der Waals surface area (Å²) < 4.78 is 13.5. The van der Waals surface area contributed by atoms with Crippen LogP contribution < -0.4 is 5.32 Å². The van der Waals surface area contributed by atoms with Crippen LogP contribution in [0.25, 0.3) is 0 Å². The number of benzene rings is 1. The van der Waals surface area contributed by atoms with Crippen LogP contribution in [0.4, 0.5) is 4.39 Å². The molecule has 4 nitrogen and oxygen atoms in total. The quantitative estimate of drug-likeness (QED) is 0.884. The number of nitrogens with zero attached hydrogens (tertiary/aromatic N) is 1. The van der Waals surface area contributed by atoms with Gasteiger partial charge in [-0.1, -0.05) is 17.7 Å². The second-order valence-electron chi connectivity index (χ2n) is 4.08. The molecule has 1 aromatic heterocycles. The molecule has 0 aliphatic heterocycles. The molecule has 2 rings (SSSR count). The average molecular weight is 282 g/mol. The number of carbonyl (C=O) groups is 1. The van der Waals surface area contributed by atoms with Crippen LogP contribution in [-0.4, -0.2) is 16.1 Å². The molecular weight excluding hydrogens is 269 g/mol. The van der Waals surface area contributed by atoms with Gasteiger partial charge >= 0.3 is 0 Å². The molecule has 1 amide bonds. The Morgan fingerprint density at radius 1 is 1.47 bits per heavy atom. The Morgan fingerprint density at radius 2 is 2.32 bits per heavy atom. The second-order valence-corrected chi connectivity index (χ2v) is 4.49. The lowest BCUT2D eigenvalue weighted by Gasteiger charge is -2.07. The summed E-state index contributed by atoms with van der Waals surface area (Å²) in [7, 11) is 0. The fraction of sp³-hybridized carbons (Fsp3) is 0.231. The number of H-pyrrole nitrogens is 1. The van der Waals surface area contributed by atoms with Crippen LogP contribution in [0, 0.1) is 5.82 Å². The Morgan fingerprint density at radius 3 is 3.00 bits per heavy atom. The molecule has 0 saturated heterocycles. The van der Waals surface area contributed by atoms with E-state index >= 15 is 0 Å². The highest BCUT2D eigenvalue weighted by atomic mass is 35.5. The summed E-state index contributed by atoms with van der Waals surface area (Å²) in [5, 5.41) is 9.43. The first-order valence-electron chi connectivity index (χ1n) is 5.84. The molecule has 0 saturated carbocycles. The highest BCUT2D eigenvalue weighted by Gasteiger charge is 2.08. The van der Waals surface area contributed by atoms with Crippen LogP contribution in [0.1, 0.15) is 17.5 Å². The molecular formula is C13H13ClFN3O. The van der Waals surface area contributed by atoms with E-state index in [0.29, 0.717) is 23.4 Å². The molecule has 0 aliphatic rings. The van der Waals surface area contributed by atoms with Crippen molar-refractivity contribution in [3.8, 4) is 0 Å². The summed E-state index contributed by atoms with van der Waals surface area (Å²) in [5.74, 6) is -0.567.